The van der Waals surface area contributed by atoms with Crippen LogP contribution < -0.4 is 10.6 Å². The second kappa shape index (κ2) is 10.6. The van der Waals surface area contributed by atoms with E-state index < -0.39 is 0 Å². The van der Waals surface area contributed by atoms with Gasteiger partial charge in [-0.2, -0.15) is 0 Å². The number of thioether (sulfide) groups is 2. The number of nitrogens with zero attached hydrogens (tertiary/aromatic N) is 2. The molecule has 2 rings (SSSR count). The molecule has 1 heterocycles. The molecular weight excluding hydrogens is 400 g/mol. The van der Waals surface area contributed by atoms with Gasteiger partial charge in [0.1, 0.15) is 0 Å². The number of carbonyl (C=O) groups excluding carboxylic acids is 2. The molecule has 0 aliphatic rings. The molecule has 2 N–H and O–H groups in total. The van der Waals surface area contributed by atoms with E-state index >= 15 is 0 Å². The lowest BCUT2D eigenvalue weighted by Gasteiger charge is -2.05. The minimum absolute atomic E-state index is 0.0182. The van der Waals surface area contributed by atoms with Gasteiger partial charge in [-0.1, -0.05) is 65.5 Å². The van der Waals surface area contributed by atoms with Crippen LogP contribution in [0.2, 0.25) is 5.02 Å². The molecule has 1 aromatic heterocycles. The number of para-hydroxylation sites is 1. The topological polar surface area (TPSA) is 84.0 Å². The lowest BCUT2D eigenvalue weighted by atomic mass is 10.3. The van der Waals surface area contributed by atoms with Gasteiger partial charge in [0.05, 0.1) is 22.2 Å². The van der Waals surface area contributed by atoms with Gasteiger partial charge in [-0.25, -0.2) is 0 Å². The van der Waals surface area contributed by atoms with Gasteiger partial charge in [0.15, 0.2) is 8.68 Å². The molecule has 0 spiro atoms. The maximum atomic E-state index is 12.0. The van der Waals surface area contributed by atoms with Crippen LogP contribution in [0.3, 0.4) is 0 Å². The fraction of sp³-hybridized carbons (Fsp3) is 0.333. The minimum atomic E-state index is -0.165. The monoisotopic (exact) mass is 416 g/mol. The highest BCUT2D eigenvalue weighted by Gasteiger charge is 2.11. The second-order valence-corrected chi connectivity index (χ2v) is 8.62. The summed E-state index contributed by atoms with van der Waals surface area (Å²) in [7, 11) is 0. The molecule has 2 aromatic rings. The zero-order valence-corrected chi connectivity index (χ0v) is 16.7. The van der Waals surface area contributed by atoms with Crippen LogP contribution in [-0.2, 0) is 9.59 Å². The smallest absolute Gasteiger partial charge is 0.234 e. The first-order valence-corrected chi connectivity index (χ1v) is 10.6. The number of halogens is 1. The number of rotatable bonds is 9. The summed E-state index contributed by atoms with van der Waals surface area (Å²) in [4.78, 5) is 23.5. The molecular formula is C15H17ClN4O2S3. The van der Waals surface area contributed by atoms with Crippen molar-refractivity contribution in [3.05, 3.63) is 29.3 Å². The van der Waals surface area contributed by atoms with Gasteiger partial charge in [-0.05, 0) is 18.6 Å². The highest BCUT2D eigenvalue weighted by molar-refractivity contribution is 8.03. The second-order valence-electron chi connectivity index (χ2n) is 4.79. The average molecular weight is 417 g/mol. The largest absolute Gasteiger partial charge is 0.355 e. The Bertz CT molecular complexity index is 726. The molecule has 0 bridgehead atoms. The molecule has 0 aliphatic carbocycles. The Kier molecular flexibility index (Phi) is 8.53. The van der Waals surface area contributed by atoms with Crippen molar-refractivity contribution in [3.63, 3.8) is 0 Å². The molecule has 0 unspecified atom stereocenters. The number of hydrogen-bond donors (Lipinski definition) is 2. The third kappa shape index (κ3) is 7.23. The fourth-order valence-corrected chi connectivity index (χ4v) is 4.47. The van der Waals surface area contributed by atoms with E-state index in [1.165, 1.54) is 34.9 Å². The Morgan fingerprint density at radius 2 is 1.76 bits per heavy atom. The molecule has 2 amide bonds. The number of anilines is 1. The van der Waals surface area contributed by atoms with Crippen molar-refractivity contribution in [2.75, 3.05) is 23.4 Å². The van der Waals surface area contributed by atoms with Crippen molar-refractivity contribution < 1.29 is 9.59 Å². The number of carbonyl (C=O) groups is 2. The van der Waals surface area contributed by atoms with Crippen LogP contribution in [0.25, 0.3) is 0 Å². The van der Waals surface area contributed by atoms with Crippen molar-refractivity contribution >= 4 is 64.0 Å². The summed E-state index contributed by atoms with van der Waals surface area (Å²) < 4.78 is 1.39. The predicted molar refractivity (Wildman–Crippen MR) is 105 cm³/mol. The predicted octanol–water partition coefficient (Wildman–Crippen LogP) is 3.54. The van der Waals surface area contributed by atoms with E-state index in [1.54, 1.807) is 24.3 Å². The van der Waals surface area contributed by atoms with E-state index in [9.17, 15) is 9.59 Å². The summed E-state index contributed by atoms with van der Waals surface area (Å²) in [6, 6.07) is 7.07. The Morgan fingerprint density at radius 3 is 2.40 bits per heavy atom. The fourth-order valence-electron chi connectivity index (χ4n) is 1.63. The van der Waals surface area contributed by atoms with E-state index in [1.807, 2.05) is 6.92 Å². The molecule has 0 atom stereocenters. The van der Waals surface area contributed by atoms with Crippen molar-refractivity contribution in [3.8, 4) is 0 Å². The summed E-state index contributed by atoms with van der Waals surface area (Å²) >= 11 is 10.0. The number of aromatic nitrogens is 2. The number of benzene rings is 1. The number of nitrogens with one attached hydrogen (secondary N) is 2. The highest BCUT2D eigenvalue weighted by atomic mass is 35.5. The molecule has 0 radical (unpaired) electrons. The molecule has 25 heavy (non-hydrogen) atoms. The zero-order chi connectivity index (χ0) is 18.1. The van der Waals surface area contributed by atoms with Gasteiger partial charge in [-0.15, -0.1) is 10.2 Å². The Hall–Kier alpha value is -1.29. The SMILES string of the molecule is CCCNC(=O)CSc1nnc(SCC(=O)Nc2ccccc2Cl)s1. The molecule has 0 fully saturated rings. The first-order chi connectivity index (χ1) is 12.1. The molecule has 6 nitrogen and oxygen atoms in total. The molecule has 1 aromatic carbocycles. The van der Waals surface area contributed by atoms with Gasteiger partial charge < -0.3 is 10.6 Å². The first-order valence-electron chi connectivity index (χ1n) is 7.48. The van der Waals surface area contributed by atoms with Crippen LogP contribution in [-0.4, -0.2) is 40.1 Å². The van der Waals surface area contributed by atoms with Crippen LogP contribution in [0.5, 0.6) is 0 Å². The maximum absolute atomic E-state index is 12.0. The van der Waals surface area contributed by atoms with Gasteiger partial charge in [0.2, 0.25) is 11.8 Å². The molecule has 0 saturated carbocycles. The molecule has 0 aliphatic heterocycles. The number of amides is 2. The summed E-state index contributed by atoms with van der Waals surface area (Å²) in [6.07, 6.45) is 0.909. The van der Waals surface area contributed by atoms with Crippen molar-refractivity contribution in [1.82, 2.24) is 15.5 Å². The third-order valence-corrected chi connectivity index (χ3v) is 6.28. The van der Waals surface area contributed by atoms with E-state index in [2.05, 4.69) is 20.8 Å². The summed E-state index contributed by atoms with van der Waals surface area (Å²) in [6.45, 7) is 2.68. The standard InChI is InChI=1S/C15H17ClN4O2S3/c1-2-7-17-12(21)8-23-14-19-20-15(25-14)24-9-13(22)18-11-6-4-3-5-10(11)16/h3-6H,2,7-9H2,1H3,(H,17,21)(H,18,22). The lowest BCUT2D eigenvalue weighted by Crippen LogP contribution is -2.25. The zero-order valence-electron chi connectivity index (χ0n) is 13.5. The maximum Gasteiger partial charge on any atom is 0.234 e. The van der Waals surface area contributed by atoms with Gasteiger partial charge in [-0.3, -0.25) is 9.59 Å². The van der Waals surface area contributed by atoms with Crippen LogP contribution >= 0.6 is 46.5 Å². The highest BCUT2D eigenvalue weighted by Crippen LogP contribution is 2.29. The molecule has 10 heteroatoms. The Morgan fingerprint density at radius 1 is 1.12 bits per heavy atom. The van der Waals surface area contributed by atoms with Crippen LogP contribution in [0.15, 0.2) is 32.9 Å². The molecule has 134 valence electrons. The van der Waals surface area contributed by atoms with E-state index in [0.717, 1.165) is 6.42 Å². The summed E-state index contributed by atoms with van der Waals surface area (Å²) in [5.41, 5.74) is 0.585. The van der Waals surface area contributed by atoms with Crippen LogP contribution in [0.4, 0.5) is 5.69 Å². The third-order valence-electron chi connectivity index (χ3n) is 2.76. The first kappa shape index (κ1) is 20.0. The molecule has 0 saturated heterocycles. The van der Waals surface area contributed by atoms with Crippen molar-refractivity contribution in [2.24, 2.45) is 0 Å². The number of hydrogen-bond acceptors (Lipinski definition) is 7. The van der Waals surface area contributed by atoms with Gasteiger partial charge >= 0.3 is 0 Å². The van der Waals surface area contributed by atoms with E-state index in [4.69, 9.17) is 11.6 Å². The quantitative estimate of drug-likeness (QED) is 0.608. The minimum Gasteiger partial charge on any atom is -0.355 e. The van der Waals surface area contributed by atoms with Gasteiger partial charge in [0, 0.05) is 6.54 Å². The van der Waals surface area contributed by atoms with E-state index in [-0.39, 0.29) is 17.6 Å². The Labute approximate surface area is 163 Å². The Balaban J connectivity index is 1.74. The summed E-state index contributed by atoms with van der Waals surface area (Å²) in [5, 5.41) is 14.1. The van der Waals surface area contributed by atoms with E-state index in [0.29, 0.717) is 31.7 Å². The average Bonchev–Trinajstić information content (AvgIpc) is 3.06. The van der Waals surface area contributed by atoms with Crippen molar-refractivity contribution in [1.29, 1.82) is 0 Å². The van der Waals surface area contributed by atoms with Crippen molar-refractivity contribution in [2.45, 2.75) is 22.0 Å². The van der Waals surface area contributed by atoms with Crippen LogP contribution in [0.1, 0.15) is 13.3 Å². The van der Waals surface area contributed by atoms with Crippen LogP contribution in [0, 0.1) is 0 Å². The normalized spacial score (nSPS) is 10.5. The lowest BCUT2D eigenvalue weighted by molar-refractivity contribution is -0.118. The summed E-state index contributed by atoms with van der Waals surface area (Å²) in [5.74, 6) is 0.338. The van der Waals surface area contributed by atoms with Gasteiger partial charge in [0.25, 0.3) is 0 Å².